The number of hydrogen-bond donors (Lipinski definition) is 0. The lowest BCUT2D eigenvalue weighted by molar-refractivity contribution is 0.112. The molecule has 0 radical (unpaired) electrons. The molecule has 0 bridgehead atoms. The van der Waals surface area contributed by atoms with Crippen molar-refractivity contribution in [2.45, 2.75) is 13.8 Å². The zero-order valence-electron chi connectivity index (χ0n) is 10.1. The Labute approximate surface area is 99.8 Å². The molecule has 2 aromatic rings. The van der Waals surface area contributed by atoms with E-state index >= 15 is 0 Å². The molecule has 0 N–H and O–H groups in total. The number of ether oxygens (including phenoxy) is 1. The van der Waals surface area contributed by atoms with Gasteiger partial charge in [-0.3, -0.25) is 4.79 Å². The van der Waals surface area contributed by atoms with Crippen LogP contribution in [-0.4, -0.2) is 23.2 Å². The molecule has 0 saturated heterocycles. The van der Waals surface area contributed by atoms with Gasteiger partial charge in [-0.1, -0.05) is 6.07 Å². The first-order valence-corrected chi connectivity index (χ1v) is 5.32. The van der Waals surface area contributed by atoms with Crippen LogP contribution in [-0.2, 0) is 0 Å². The minimum Gasteiger partial charge on any atom is -0.494 e. The van der Waals surface area contributed by atoms with E-state index in [0.717, 1.165) is 23.3 Å². The van der Waals surface area contributed by atoms with Crippen LogP contribution in [0.5, 0.6) is 5.75 Å². The van der Waals surface area contributed by atoms with Crippen LogP contribution in [0.3, 0.4) is 0 Å². The average Bonchev–Trinajstić information content (AvgIpc) is 2.70. The summed E-state index contributed by atoms with van der Waals surface area (Å²) in [6, 6.07) is 5.83. The number of benzene rings is 1. The summed E-state index contributed by atoms with van der Waals surface area (Å²) in [5.74, 6) is 0.732. The molecule has 0 saturated carbocycles. The molecule has 0 aliphatic rings. The normalized spacial score (nSPS) is 10.3. The quantitative estimate of drug-likeness (QED) is 0.760. The molecule has 0 spiro atoms. The number of aldehydes is 1. The van der Waals surface area contributed by atoms with Gasteiger partial charge in [0.1, 0.15) is 11.4 Å². The number of aromatic nitrogens is 2. The van der Waals surface area contributed by atoms with Gasteiger partial charge in [-0.05, 0) is 31.5 Å². The van der Waals surface area contributed by atoms with Gasteiger partial charge in [0.15, 0.2) is 6.29 Å². The van der Waals surface area contributed by atoms with Crippen LogP contribution in [0, 0.1) is 13.8 Å². The Morgan fingerprint density at radius 2 is 2.12 bits per heavy atom. The van der Waals surface area contributed by atoms with E-state index in [2.05, 4.69) is 5.10 Å². The molecule has 88 valence electrons. The molecule has 0 amide bonds. The third kappa shape index (κ3) is 2.06. The predicted octanol–water partition coefficient (Wildman–Crippen LogP) is 2.31. The van der Waals surface area contributed by atoms with E-state index in [1.807, 2.05) is 32.0 Å². The molecule has 1 heterocycles. The summed E-state index contributed by atoms with van der Waals surface area (Å²) in [4.78, 5) is 10.8. The van der Waals surface area contributed by atoms with E-state index in [9.17, 15) is 4.79 Å². The molecule has 0 atom stereocenters. The van der Waals surface area contributed by atoms with Crippen molar-refractivity contribution in [3.63, 3.8) is 0 Å². The van der Waals surface area contributed by atoms with Crippen LogP contribution in [0.25, 0.3) is 5.69 Å². The molecule has 1 aromatic carbocycles. The lowest BCUT2D eigenvalue weighted by atomic mass is 10.2. The molecule has 4 heteroatoms. The maximum absolute atomic E-state index is 10.8. The Morgan fingerprint density at radius 3 is 2.71 bits per heavy atom. The van der Waals surface area contributed by atoms with Gasteiger partial charge in [0.2, 0.25) is 0 Å². The van der Waals surface area contributed by atoms with E-state index in [0.29, 0.717) is 11.3 Å². The highest BCUT2D eigenvalue weighted by Crippen LogP contribution is 2.24. The summed E-state index contributed by atoms with van der Waals surface area (Å²) in [6.07, 6.45) is 2.51. The Morgan fingerprint density at radius 1 is 1.35 bits per heavy atom. The minimum atomic E-state index is 0.591. The van der Waals surface area contributed by atoms with Gasteiger partial charge in [0.25, 0.3) is 0 Å². The molecule has 0 fully saturated rings. The van der Waals surface area contributed by atoms with Gasteiger partial charge < -0.3 is 4.74 Å². The smallest absolute Gasteiger partial charge is 0.153 e. The fraction of sp³-hybridized carbons (Fsp3) is 0.231. The number of carbonyl (C=O) groups excluding carboxylic acids is 1. The first kappa shape index (κ1) is 11.4. The summed E-state index contributed by atoms with van der Waals surface area (Å²) in [5.41, 5.74) is 3.25. The van der Waals surface area contributed by atoms with Crippen molar-refractivity contribution in [1.82, 2.24) is 9.78 Å². The number of carbonyl (C=O) groups is 1. The van der Waals surface area contributed by atoms with Gasteiger partial charge in [0, 0.05) is 6.20 Å². The fourth-order valence-electron chi connectivity index (χ4n) is 1.69. The average molecular weight is 230 g/mol. The summed E-state index contributed by atoms with van der Waals surface area (Å²) in [6.45, 7) is 3.81. The lowest BCUT2D eigenvalue weighted by Gasteiger charge is -2.09. The van der Waals surface area contributed by atoms with Gasteiger partial charge in [-0.25, -0.2) is 4.68 Å². The Balaban J connectivity index is 2.58. The Hall–Kier alpha value is -2.10. The van der Waals surface area contributed by atoms with Crippen molar-refractivity contribution in [1.29, 1.82) is 0 Å². The topological polar surface area (TPSA) is 44.1 Å². The van der Waals surface area contributed by atoms with Crippen LogP contribution < -0.4 is 4.74 Å². The van der Waals surface area contributed by atoms with Crippen LogP contribution in [0.2, 0.25) is 0 Å². The third-order valence-corrected chi connectivity index (χ3v) is 2.65. The summed E-state index contributed by atoms with van der Waals surface area (Å²) in [5, 5.41) is 4.31. The van der Waals surface area contributed by atoms with Crippen LogP contribution >= 0.6 is 0 Å². The highest BCUT2D eigenvalue weighted by atomic mass is 16.5. The molecule has 0 aliphatic carbocycles. The predicted molar refractivity (Wildman–Crippen MR) is 65.0 cm³/mol. The molecule has 4 nitrogen and oxygen atoms in total. The number of aryl methyl sites for hydroxylation is 2. The van der Waals surface area contributed by atoms with Crippen molar-refractivity contribution in [3.8, 4) is 11.4 Å². The van der Waals surface area contributed by atoms with Gasteiger partial charge in [-0.2, -0.15) is 5.10 Å². The van der Waals surface area contributed by atoms with Crippen molar-refractivity contribution >= 4 is 6.29 Å². The zero-order chi connectivity index (χ0) is 12.4. The molecule has 2 rings (SSSR count). The number of nitrogens with zero attached hydrogens (tertiary/aromatic N) is 2. The molecule has 0 aliphatic heterocycles. The maximum atomic E-state index is 10.8. The van der Waals surface area contributed by atoms with E-state index < -0.39 is 0 Å². The van der Waals surface area contributed by atoms with Gasteiger partial charge >= 0.3 is 0 Å². The second-order valence-electron chi connectivity index (χ2n) is 3.91. The van der Waals surface area contributed by atoms with Crippen molar-refractivity contribution in [3.05, 3.63) is 41.2 Å². The van der Waals surface area contributed by atoms with Crippen LogP contribution in [0.4, 0.5) is 0 Å². The molecule has 1 aromatic heterocycles. The monoisotopic (exact) mass is 230 g/mol. The van der Waals surface area contributed by atoms with Gasteiger partial charge in [-0.15, -0.1) is 0 Å². The highest BCUT2D eigenvalue weighted by molar-refractivity contribution is 5.76. The second kappa shape index (κ2) is 4.41. The summed E-state index contributed by atoms with van der Waals surface area (Å²) < 4.78 is 6.96. The molecule has 17 heavy (non-hydrogen) atoms. The minimum absolute atomic E-state index is 0.591. The zero-order valence-corrected chi connectivity index (χ0v) is 10.1. The van der Waals surface area contributed by atoms with Crippen molar-refractivity contribution in [2.75, 3.05) is 7.11 Å². The first-order valence-electron chi connectivity index (χ1n) is 5.32. The van der Waals surface area contributed by atoms with Crippen LogP contribution in [0.15, 0.2) is 24.4 Å². The Kier molecular flexibility index (Phi) is 2.95. The Bertz CT molecular complexity index is 559. The molecular formula is C13H14N2O2. The highest BCUT2D eigenvalue weighted by Gasteiger charge is 2.09. The number of hydrogen-bond acceptors (Lipinski definition) is 3. The molecule has 0 unspecified atom stereocenters. The van der Waals surface area contributed by atoms with E-state index in [1.54, 1.807) is 18.0 Å². The van der Waals surface area contributed by atoms with Gasteiger partial charge in [0.05, 0.1) is 18.4 Å². The molecular weight excluding hydrogens is 216 g/mol. The second-order valence-corrected chi connectivity index (χ2v) is 3.91. The largest absolute Gasteiger partial charge is 0.494 e. The summed E-state index contributed by atoms with van der Waals surface area (Å²) >= 11 is 0. The standard InChI is InChI=1S/C13H14N2O2/c1-9-4-5-13(17-3)12(6-9)15-7-11(8-16)10(2)14-15/h4-8H,1-3H3. The SMILES string of the molecule is COc1ccc(C)cc1-n1cc(C=O)c(C)n1. The van der Waals surface area contributed by atoms with E-state index in [1.165, 1.54) is 0 Å². The maximum Gasteiger partial charge on any atom is 0.153 e. The lowest BCUT2D eigenvalue weighted by Crippen LogP contribution is -1.99. The van der Waals surface area contributed by atoms with Crippen molar-refractivity contribution in [2.24, 2.45) is 0 Å². The van der Waals surface area contributed by atoms with E-state index in [4.69, 9.17) is 4.74 Å². The fourth-order valence-corrected chi connectivity index (χ4v) is 1.69. The third-order valence-electron chi connectivity index (χ3n) is 2.65. The number of methoxy groups -OCH3 is 1. The summed E-state index contributed by atoms with van der Waals surface area (Å²) in [7, 11) is 1.62. The number of rotatable bonds is 3. The van der Waals surface area contributed by atoms with Crippen molar-refractivity contribution < 1.29 is 9.53 Å². The first-order chi connectivity index (χ1) is 8.15. The van der Waals surface area contributed by atoms with E-state index in [-0.39, 0.29) is 0 Å². The van der Waals surface area contributed by atoms with Crippen LogP contribution in [0.1, 0.15) is 21.6 Å².